The van der Waals surface area contributed by atoms with Gasteiger partial charge in [-0.05, 0) is 0 Å². The van der Waals surface area contributed by atoms with E-state index in [0.717, 1.165) is 13.1 Å². The number of hydrogen-bond donors (Lipinski definition) is 3. The molecule has 0 aromatic rings. The van der Waals surface area contributed by atoms with Crippen LogP contribution in [0.25, 0.3) is 0 Å². The molecule has 0 saturated heterocycles. The molecule has 0 saturated carbocycles. The predicted octanol–water partition coefficient (Wildman–Crippen LogP) is -0.444. The third-order valence-electron chi connectivity index (χ3n) is 1.38. The maximum atomic E-state index is 10.4. The van der Waals surface area contributed by atoms with Gasteiger partial charge in [-0.2, -0.15) is 0 Å². The van der Waals surface area contributed by atoms with Crippen LogP contribution in [0.4, 0.5) is 0 Å². The summed E-state index contributed by atoms with van der Waals surface area (Å²) < 4.78 is 10.4. The molecular weight excluding hydrogens is 167 g/mol. The zero-order valence-corrected chi connectivity index (χ0v) is 6.92. The Kier molecular flexibility index (Phi) is 2.65. The highest BCUT2D eigenvalue weighted by molar-refractivity contribution is 7.51. The molecular formula is C5H11N2O3P. The SMILES string of the molecule is O=P(O)(O)CCC1=NCCN1. The minimum Gasteiger partial charge on any atom is -0.372 e. The molecule has 0 spiro atoms. The molecule has 0 unspecified atom stereocenters. The third kappa shape index (κ3) is 3.51. The van der Waals surface area contributed by atoms with Gasteiger partial charge < -0.3 is 15.1 Å². The highest BCUT2D eigenvalue weighted by Gasteiger charge is 2.15. The lowest BCUT2D eigenvalue weighted by Crippen LogP contribution is -2.19. The molecule has 0 amide bonds. The average Bonchev–Trinajstić information content (AvgIpc) is 2.32. The van der Waals surface area contributed by atoms with Gasteiger partial charge in [-0.1, -0.05) is 0 Å². The van der Waals surface area contributed by atoms with Crippen LogP contribution in [-0.2, 0) is 4.57 Å². The van der Waals surface area contributed by atoms with Crippen molar-refractivity contribution in [1.82, 2.24) is 5.32 Å². The van der Waals surface area contributed by atoms with E-state index >= 15 is 0 Å². The van der Waals surface area contributed by atoms with Crippen molar-refractivity contribution in [1.29, 1.82) is 0 Å². The molecule has 0 aromatic carbocycles. The van der Waals surface area contributed by atoms with Crippen molar-refractivity contribution in [3.8, 4) is 0 Å². The van der Waals surface area contributed by atoms with Crippen molar-refractivity contribution in [3.63, 3.8) is 0 Å². The molecule has 0 aromatic heterocycles. The van der Waals surface area contributed by atoms with Gasteiger partial charge in [-0.3, -0.25) is 9.56 Å². The molecule has 0 fully saturated rings. The molecule has 3 N–H and O–H groups in total. The average molecular weight is 178 g/mol. The highest BCUT2D eigenvalue weighted by atomic mass is 31.2. The molecule has 64 valence electrons. The van der Waals surface area contributed by atoms with E-state index in [-0.39, 0.29) is 6.16 Å². The zero-order valence-electron chi connectivity index (χ0n) is 6.03. The van der Waals surface area contributed by atoms with Crippen LogP contribution in [0, 0.1) is 0 Å². The van der Waals surface area contributed by atoms with Gasteiger partial charge in [0, 0.05) is 13.0 Å². The molecule has 1 rings (SSSR count). The van der Waals surface area contributed by atoms with Crippen molar-refractivity contribution in [3.05, 3.63) is 0 Å². The van der Waals surface area contributed by atoms with Crippen LogP contribution < -0.4 is 5.32 Å². The minimum atomic E-state index is -3.84. The van der Waals surface area contributed by atoms with Crippen LogP contribution >= 0.6 is 7.60 Å². The van der Waals surface area contributed by atoms with Gasteiger partial charge in [0.25, 0.3) is 0 Å². The molecule has 0 radical (unpaired) electrons. The summed E-state index contributed by atoms with van der Waals surface area (Å²) in [5.74, 6) is 0.716. The summed E-state index contributed by atoms with van der Waals surface area (Å²) in [5.41, 5.74) is 0. The lowest BCUT2D eigenvalue weighted by atomic mass is 10.4. The van der Waals surface area contributed by atoms with Crippen molar-refractivity contribution < 1.29 is 14.4 Å². The van der Waals surface area contributed by atoms with Crippen LogP contribution in [-0.4, -0.2) is 34.9 Å². The number of nitrogens with one attached hydrogen (secondary N) is 1. The Bertz CT molecular complexity index is 210. The molecule has 11 heavy (non-hydrogen) atoms. The first-order valence-electron chi connectivity index (χ1n) is 3.40. The first-order chi connectivity index (χ1) is 5.08. The van der Waals surface area contributed by atoms with Crippen LogP contribution in [0.3, 0.4) is 0 Å². The Morgan fingerprint density at radius 3 is 2.82 bits per heavy atom. The quantitative estimate of drug-likeness (QED) is 0.511. The van der Waals surface area contributed by atoms with Gasteiger partial charge in [0.2, 0.25) is 0 Å². The lowest BCUT2D eigenvalue weighted by Gasteiger charge is -2.03. The zero-order chi connectivity index (χ0) is 8.32. The number of nitrogens with zero attached hydrogens (tertiary/aromatic N) is 1. The van der Waals surface area contributed by atoms with E-state index in [1.165, 1.54) is 0 Å². The van der Waals surface area contributed by atoms with Gasteiger partial charge >= 0.3 is 7.60 Å². The molecule has 0 bridgehead atoms. The number of rotatable bonds is 3. The van der Waals surface area contributed by atoms with Gasteiger partial charge in [0.1, 0.15) is 0 Å². The van der Waals surface area contributed by atoms with Crippen molar-refractivity contribution in [2.24, 2.45) is 4.99 Å². The van der Waals surface area contributed by atoms with E-state index < -0.39 is 7.60 Å². The maximum Gasteiger partial charge on any atom is 0.326 e. The summed E-state index contributed by atoms with van der Waals surface area (Å²) in [6.07, 6.45) is 0.239. The monoisotopic (exact) mass is 178 g/mol. The van der Waals surface area contributed by atoms with Gasteiger partial charge in [-0.15, -0.1) is 0 Å². The molecule has 5 nitrogen and oxygen atoms in total. The van der Waals surface area contributed by atoms with Crippen molar-refractivity contribution in [2.45, 2.75) is 6.42 Å². The van der Waals surface area contributed by atoms with Crippen LogP contribution in [0.15, 0.2) is 4.99 Å². The van der Waals surface area contributed by atoms with E-state index in [2.05, 4.69) is 10.3 Å². The Morgan fingerprint density at radius 1 is 1.64 bits per heavy atom. The maximum absolute atomic E-state index is 10.4. The van der Waals surface area contributed by atoms with Gasteiger partial charge in [0.05, 0.1) is 18.5 Å². The van der Waals surface area contributed by atoms with E-state index in [1.54, 1.807) is 0 Å². The van der Waals surface area contributed by atoms with E-state index in [4.69, 9.17) is 9.79 Å². The molecule has 1 aliphatic rings. The number of hydrogen-bond acceptors (Lipinski definition) is 3. The third-order valence-corrected chi connectivity index (χ3v) is 2.19. The Balaban J connectivity index is 2.27. The normalized spacial score (nSPS) is 17.8. The summed E-state index contributed by atoms with van der Waals surface area (Å²) >= 11 is 0. The summed E-state index contributed by atoms with van der Waals surface area (Å²) in [7, 11) is -3.84. The van der Waals surface area contributed by atoms with Gasteiger partial charge in [-0.25, -0.2) is 0 Å². The second-order valence-corrected chi connectivity index (χ2v) is 4.17. The van der Waals surface area contributed by atoms with E-state index in [0.29, 0.717) is 12.3 Å². The predicted molar refractivity (Wildman–Crippen MR) is 41.8 cm³/mol. The fourth-order valence-electron chi connectivity index (χ4n) is 0.866. The largest absolute Gasteiger partial charge is 0.372 e. The number of amidine groups is 1. The first kappa shape index (κ1) is 8.71. The standard InChI is InChI=1S/C5H11N2O3P/c8-11(9,10)4-1-5-6-2-3-7-5/h1-4H2,(H,6,7)(H2,8,9,10). The number of aliphatic imine (C=N–C) groups is 1. The topological polar surface area (TPSA) is 81.9 Å². The molecule has 1 heterocycles. The summed E-state index contributed by atoms with van der Waals surface area (Å²) in [4.78, 5) is 21.0. The Labute approximate surface area is 64.7 Å². The van der Waals surface area contributed by atoms with E-state index in [9.17, 15) is 4.57 Å². The molecule has 0 atom stereocenters. The smallest absolute Gasteiger partial charge is 0.326 e. The van der Waals surface area contributed by atoms with Crippen LogP contribution in [0.2, 0.25) is 0 Å². The second kappa shape index (κ2) is 3.34. The molecule has 0 aliphatic carbocycles. The van der Waals surface area contributed by atoms with Gasteiger partial charge in [0.15, 0.2) is 0 Å². The lowest BCUT2D eigenvalue weighted by molar-refractivity contribution is 0.373. The Hall–Kier alpha value is -0.380. The Morgan fingerprint density at radius 2 is 2.36 bits per heavy atom. The second-order valence-electron chi connectivity index (χ2n) is 2.39. The minimum absolute atomic E-state index is 0.112. The summed E-state index contributed by atoms with van der Waals surface area (Å²) in [6, 6.07) is 0. The van der Waals surface area contributed by atoms with Crippen LogP contribution in [0.1, 0.15) is 6.42 Å². The fourth-order valence-corrected chi connectivity index (χ4v) is 1.37. The van der Waals surface area contributed by atoms with Crippen molar-refractivity contribution in [2.75, 3.05) is 19.3 Å². The van der Waals surface area contributed by atoms with Crippen molar-refractivity contribution >= 4 is 13.4 Å². The summed E-state index contributed by atoms with van der Waals surface area (Å²) in [5, 5.41) is 2.94. The fraction of sp³-hybridized carbons (Fsp3) is 0.800. The highest BCUT2D eigenvalue weighted by Crippen LogP contribution is 2.34. The molecule has 1 aliphatic heterocycles. The molecule has 6 heteroatoms. The first-order valence-corrected chi connectivity index (χ1v) is 5.19. The van der Waals surface area contributed by atoms with E-state index in [1.807, 2.05) is 0 Å². The van der Waals surface area contributed by atoms with Crippen LogP contribution in [0.5, 0.6) is 0 Å². The summed E-state index contributed by atoms with van der Waals surface area (Å²) in [6.45, 7) is 1.51.